The third-order valence-corrected chi connectivity index (χ3v) is 6.62. The molecule has 0 saturated carbocycles. The summed E-state index contributed by atoms with van der Waals surface area (Å²) in [7, 11) is -3.81. The number of nitrogens with two attached hydrogens (primary N) is 1. The van der Waals surface area contributed by atoms with E-state index in [1.54, 1.807) is 0 Å². The normalized spacial score (nSPS) is 21.5. The van der Waals surface area contributed by atoms with Crippen LogP contribution in [0.2, 0.25) is 4.34 Å². The first kappa shape index (κ1) is 14.7. The molecule has 2 N–H and O–H groups in total. The number of rotatable bonds is 3. The summed E-state index contributed by atoms with van der Waals surface area (Å²) in [5.74, 6) is 0. The lowest BCUT2D eigenvalue weighted by atomic mass is 10.1. The maximum atomic E-state index is 12.4. The lowest BCUT2D eigenvalue weighted by molar-refractivity contribution is -0.384. The summed E-state index contributed by atoms with van der Waals surface area (Å²) in [4.78, 5) is 10.00. The monoisotopic (exact) mass is 325 g/mol. The van der Waals surface area contributed by atoms with E-state index in [9.17, 15) is 18.5 Å². The second-order valence-corrected chi connectivity index (χ2v) is 7.93. The van der Waals surface area contributed by atoms with E-state index >= 15 is 0 Å². The van der Waals surface area contributed by atoms with Crippen LogP contribution in [0.5, 0.6) is 0 Å². The Bertz CT molecular complexity index is 601. The first-order chi connectivity index (χ1) is 8.84. The van der Waals surface area contributed by atoms with Crippen molar-refractivity contribution in [1.29, 1.82) is 0 Å². The van der Waals surface area contributed by atoms with Gasteiger partial charge in [0.15, 0.2) is 4.34 Å². The van der Waals surface area contributed by atoms with Gasteiger partial charge in [0.25, 0.3) is 15.7 Å². The minimum absolute atomic E-state index is 0.137. The van der Waals surface area contributed by atoms with Gasteiger partial charge in [-0.05, 0) is 19.3 Å². The fourth-order valence-corrected chi connectivity index (χ4v) is 5.31. The molecule has 1 aliphatic rings. The Hall–Kier alpha value is -0.740. The van der Waals surface area contributed by atoms with Crippen molar-refractivity contribution in [1.82, 2.24) is 4.31 Å². The van der Waals surface area contributed by atoms with Crippen molar-refractivity contribution in [3.8, 4) is 0 Å². The Morgan fingerprint density at radius 2 is 2.21 bits per heavy atom. The number of sulfonamides is 1. The predicted octanol–water partition coefficient (Wildman–Crippen LogP) is 1.77. The van der Waals surface area contributed by atoms with Crippen LogP contribution >= 0.6 is 22.9 Å². The average Bonchev–Trinajstić information content (AvgIpc) is 2.72. The van der Waals surface area contributed by atoms with Crippen molar-refractivity contribution in [2.75, 3.05) is 6.54 Å². The third kappa shape index (κ3) is 2.75. The highest BCUT2D eigenvalue weighted by atomic mass is 35.5. The largest absolute Gasteiger partial charge is 0.315 e. The topological polar surface area (TPSA) is 107 Å². The van der Waals surface area contributed by atoms with Crippen LogP contribution in [0, 0.1) is 10.1 Å². The van der Waals surface area contributed by atoms with Crippen molar-refractivity contribution in [2.45, 2.75) is 29.6 Å². The minimum Gasteiger partial charge on any atom is -0.315 e. The van der Waals surface area contributed by atoms with Gasteiger partial charge in [-0.15, -0.1) is 11.3 Å². The quantitative estimate of drug-likeness (QED) is 0.673. The molecule has 1 aliphatic heterocycles. The molecule has 1 fully saturated rings. The Labute approximate surface area is 119 Å². The molecule has 0 aliphatic carbocycles. The van der Waals surface area contributed by atoms with E-state index in [1.165, 1.54) is 4.31 Å². The van der Waals surface area contributed by atoms with Gasteiger partial charge < -0.3 is 5.73 Å². The highest BCUT2D eigenvalue weighted by Gasteiger charge is 2.34. The average molecular weight is 326 g/mol. The zero-order valence-electron chi connectivity index (χ0n) is 9.78. The van der Waals surface area contributed by atoms with Crippen molar-refractivity contribution in [3.05, 3.63) is 20.5 Å². The molecule has 1 saturated heterocycles. The number of nitrogens with zero attached hydrogens (tertiary/aromatic N) is 2. The van der Waals surface area contributed by atoms with E-state index in [0.29, 0.717) is 24.3 Å². The Balaban J connectivity index is 2.39. The third-order valence-electron chi connectivity index (χ3n) is 2.90. The highest BCUT2D eigenvalue weighted by Crippen LogP contribution is 2.38. The van der Waals surface area contributed by atoms with E-state index in [0.717, 1.165) is 18.9 Å². The summed E-state index contributed by atoms with van der Waals surface area (Å²) < 4.78 is 25.6. The molecule has 1 aromatic heterocycles. The smallest absolute Gasteiger partial charge is 0.300 e. The highest BCUT2D eigenvalue weighted by molar-refractivity contribution is 7.91. The van der Waals surface area contributed by atoms with Crippen LogP contribution in [0.25, 0.3) is 0 Å². The lowest BCUT2D eigenvalue weighted by Crippen LogP contribution is -2.48. The van der Waals surface area contributed by atoms with Crippen LogP contribution in [-0.4, -0.2) is 30.4 Å². The SMILES string of the molecule is NC1CCCCN1S(=O)(=O)c1cc([N+](=O)[O-])c(Cl)s1. The van der Waals surface area contributed by atoms with E-state index in [2.05, 4.69) is 0 Å². The number of thiophene rings is 1. The van der Waals surface area contributed by atoms with Gasteiger partial charge in [-0.3, -0.25) is 10.1 Å². The number of nitro groups is 1. The second kappa shape index (κ2) is 5.33. The number of hydrogen-bond donors (Lipinski definition) is 1. The molecule has 0 radical (unpaired) electrons. The molecule has 0 aromatic carbocycles. The van der Waals surface area contributed by atoms with Crippen molar-refractivity contribution < 1.29 is 13.3 Å². The summed E-state index contributed by atoms with van der Waals surface area (Å²) in [6.07, 6.45) is 1.60. The summed E-state index contributed by atoms with van der Waals surface area (Å²) in [6.45, 7) is 0.326. The van der Waals surface area contributed by atoms with Gasteiger partial charge in [-0.1, -0.05) is 11.6 Å². The lowest BCUT2D eigenvalue weighted by Gasteiger charge is -2.31. The van der Waals surface area contributed by atoms with E-state index in [1.807, 2.05) is 0 Å². The summed E-state index contributed by atoms with van der Waals surface area (Å²) in [5.41, 5.74) is 5.40. The van der Waals surface area contributed by atoms with Gasteiger partial charge in [-0.25, -0.2) is 8.42 Å². The Morgan fingerprint density at radius 1 is 1.53 bits per heavy atom. The van der Waals surface area contributed by atoms with Gasteiger partial charge in [-0.2, -0.15) is 4.31 Å². The Morgan fingerprint density at radius 3 is 2.74 bits per heavy atom. The summed E-state index contributed by atoms with van der Waals surface area (Å²) in [5, 5.41) is 10.7. The maximum absolute atomic E-state index is 12.4. The predicted molar refractivity (Wildman–Crippen MR) is 71.7 cm³/mol. The molecule has 0 spiro atoms. The van der Waals surface area contributed by atoms with E-state index < -0.39 is 26.8 Å². The van der Waals surface area contributed by atoms with Gasteiger partial charge in [0.05, 0.1) is 11.1 Å². The van der Waals surface area contributed by atoms with Gasteiger partial charge >= 0.3 is 0 Å². The first-order valence-corrected chi connectivity index (χ1v) is 8.18. The summed E-state index contributed by atoms with van der Waals surface area (Å²) >= 11 is 6.37. The minimum atomic E-state index is -3.81. The van der Waals surface area contributed by atoms with E-state index in [4.69, 9.17) is 17.3 Å². The zero-order valence-corrected chi connectivity index (χ0v) is 12.2. The fraction of sp³-hybridized carbons (Fsp3) is 0.556. The number of hydrogen-bond acceptors (Lipinski definition) is 6. The molecule has 0 bridgehead atoms. The molecule has 1 aromatic rings. The summed E-state index contributed by atoms with van der Waals surface area (Å²) in [6, 6.07) is 0.990. The van der Waals surface area contributed by atoms with Crippen molar-refractivity contribution >= 4 is 38.6 Å². The molecule has 1 unspecified atom stereocenters. The molecule has 0 amide bonds. The second-order valence-electron chi connectivity index (χ2n) is 4.16. The van der Waals surface area contributed by atoms with Crippen molar-refractivity contribution in [2.24, 2.45) is 5.73 Å². The zero-order chi connectivity index (χ0) is 14.2. The van der Waals surface area contributed by atoms with Gasteiger partial charge in [0.2, 0.25) is 0 Å². The molecule has 10 heteroatoms. The molecule has 2 heterocycles. The van der Waals surface area contributed by atoms with Crippen LogP contribution in [0.1, 0.15) is 19.3 Å². The molecule has 19 heavy (non-hydrogen) atoms. The van der Waals surface area contributed by atoms with Gasteiger partial charge in [0, 0.05) is 12.6 Å². The molecule has 1 atom stereocenters. The number of piperidine rings is 1. The van der Waals surface area contributed by atoms with Crippen molar-refractivity contribution in [3.63, 3.8) is 0 Å². The van der Waals surface area contributed by atoms with Crippen LogP contribution in [-0.2, 0) is 10.0 Å². The molecule has 106 valence electrons. The van der Waals surface area contributed by atoms with Crippen LogP contribution in [0.4, 0.5) is 5.69 Å². The fourth-order valence-electron chi connectivity index (χ4n) is 1.93. The standard InChI is InChI=1S/C9H12ClN3O4S2/c10-9-6(13(14)15)5-8(18-9)19(16,17)12-4-2-1-3-7(12)11/h5,7H,1-4,11H2. The van der Waals surface area contributed by atoms with E-state index in [-0.39, 0.29) is 8.55 Å². The first-order valence-electron chi connectivity index (χ1n) is 5.55. The molecule has 2 rings (SSSR count). The maximum Gasteiger partial charge on any atom is 0.300 e. The van der Waals surface area contributed by atoms with Gasteiger partial charge in [0.1, 0.15) is 4.21 Å². The van der Waals surface area contributed by atoms with Crippen LogP contribution in [0.3, 0.4) is 0 Å². The molecular formula is C9H12ClN3O4S2. The van der Waals surface area contributed by atoms with Crippen LogP contribution in [0.15, 0.2) is 10.3 Å². The van der Waals surface area contributed by atoms with Crippen LogP contribution < -0.4 is 5.73 Å². The molecular weight excluding hydrogens is 314 g/mol. The Kier molecular flexibility index (Phi) is 4.11. The molecule has 7 nitrogen and oxygen atoms in total. The number of halogens is 1.